The van der Waals surface area contributed by atoms with Gasteiger partial charge in [-0.15, -0.1) is 11.3 Å². The fraction of sp³-hybridized carbons (Fsp3) is 0.625. The molecule has 0 saturated carbocycles. The molecule has 122 valence electrons. The predicted molar refractivity (Wildman–Crippen MR) is 86.9 cm³/mol. The summed E-state index contributed by atoms with van der Waals surface area (Å²) in [5.74, 6) is -0.947. The number of likely N-dealkylation sites (tertiary alicyclic amines) is 1. The molecule has 0 spiro atoms. The minimum absolute atomic E-state index is 0.0640. The van der Waals surface area contributed by atoms with E-state index >= 15 is 0 Å². The van der Waals surface area contributed by atoms with E-state index < -0.39 is 12.0 Å². The molecule has 1 amide bonds. The highest BCUT2D eigenvalue weighted by molar-refractivity contribution is 7.10. The van der Waals surface area contributed by atoms with E-state index in [1.54, 1.807) is 16.2 Å². The zero-order valence-corrected chi connectivity index (χ0v) is 14.2. The number of hydrogen-bond donors (Lipinski definition) is 2. The van der Waals surface area contributed by atoms with Gasteiger partial charge in [-0.2, -0.15) is 0 Å². The summed E-state index contributed by atoms with van der Waals surface area (Å²) in [4.78, 5) is 26.4. The molecule has 0 radical (unpaired) electrons. The summed E-state index contributed by atoms with van der Waals surface area (Å²) in [6.07, 6.45) is 1.45. The van der Waals surface area contributed by atoms with Crippen molar-refractivity contribution >= 4 is 23.2 Å². The van der Waals surface area contributed by atoms with Crippen molar-refractivity contribution in [2.45, 2.75) is 45.7 Å². The number of carbonyl (C=O) groups excluding carboxylic acids is 1. The Labute approximate surface area is 135 Å². The lowest BCUT2D eigenvalue weighted by molar-refractivity contribution is -0.142. The van der Waals surface area contributed by atoms with Crippen LogP contribution in [0.1, 0.15) is 44.5 Å². The van der Waals surface area contributed by atoms with Gasteiger partial charge in [-0.05, 0) is 36.2 Å². The normalized spacial score (nSPS) is 20.8. The second kappa shape index (κ2) is 6.79. The molecule has 2 N–H and O–H groups in total. The van der Waals surface area contributed by atoms with Gasteiger partial charge in [0.05, 0.1) is 12.6 Å². The maximum Gasteiger partial charge on any atom is 0.320 e. The molecule has 1 aliphatic heterocycles. The van der Waals surface area contributed by atoms with E-state index in [-0.39, 0.29) is 23.9 Å². The summed E-state index contributed by atoms with van der Waals surface area (Å²) in [7, 11) is 0. The van der Waals surface area contributed by atoms with Crippen LogP contribution in [0.2, 0.25) is 0 Å². The fourth-order valence-corrected chi connectivity index (χ4v) is 3.88. The molecule has 1 saturated heterocycles. The van der Waals surface area contributed by atoms with Gasteiger partial charge in [0, 0.05) is 4.88 Å². The first-order chi connectivity index (χ1) is 10.3. The molecule has 0 aromatic carbocycles. The van der Waals surface area contributed by atoms with Crippen molar-refractivity contribution in [1.29, 1.82) is 0 Å². The molecule has 0 bridgehead atoms. The first-order valence-electron chi connectivity index (χ1n) is 7.58. The number of hydrogen-bond acceptors (Lipinski definition) is 4. The smallest absolute Gasteiger partial charge is 0.320 e. The zero-order valence-electron chi connectivity index (χ0n) is 13.3. The van der Waals surface area contributed by atoms with Crippen LogP contribution in [0.15, 0.2) is 17.5 Å². The van der Waals surface area contributed by atoms with Crippen molar-refractivity contribution in [2.75, 3.05) is 13.1 Å². The Hall–Kier alpha value is -1.40. The van der Waals surface area contributed by atoms with Crippen molar-refractivity contribution in [3.05, 3.63) is 22.4 Å². The third-order valence-electron chi connectivity index (χ3n) is 3.99. The molecule has 6 heteroatoms. The van der Waals surface area contributed by atoms with Crippen LogP contribution in [0, 0.1) is 5.41 Å². The van der Waals surface area contributed by atoms with Crippen LogP contribution in [0.25, 0.3) is 0 Å². The molecule has 2 unspecified atom stereocenters. The van der Waals surface area contributed by atoms with Gasteiger partial charge < -0.3 is 10.4 Å². The molecule has 0 aliphatic carbocycles. The summed E-state index contributed by atoms with van der Waals surface area (Å²) >= 11 is 1.63. The molecule has 1 aliphatic rings. The molecule has 1 aromatic rings. The summed E-state index contributed by atoms with van der Waals surface area (Å²) in [5.41, 5.74) is -0.0995. The predicted octanol–water partition coefficient (Wildman–Crippen LogP) is 2.50. The Morgan fingerprint density at radius 1 is 1.50 bits per heavy atom. The van der Waals surface area contributed by atoms with Crippen molar-refractivity contribution < 1.29 is 14.7 Å². The van der Waals surface area contributed by atoms with Crippen LogP contribution in [-0.2, 0) is 9.59 Å². The lowest BCUT2D eigenvalue weighted by Crippen LogP contribution is -2.45. The summed E-state index contributed by atoms with van der Waals surface area (Å²) in [6.45, 7) is 7.09. The third-order valence-corrected chi connectivity index (χ3v) is 4.93. The van der Waals surface area contributed by atoms with Crippen LogP contribution in [0.3, 0.4) is 0 Å². The molecule has 1 fully saturated rings. The minimum Gasteiger partial charge on any atom is -0.480 e. The Kier molecular flexibility index (Phi) is 5.24. The van der Waals surface area contributed by atoms with Crippen molar-refractivity contribution in [1.82, 2.24) is 10.2 Å². The maximum absolute atomic E-state index is 12.4. The Balaban J connectivity index is 2.01. The van der Waals surface area contributed by atoms with Crippen LogP contribution in [0.4, 0.5) is 0 Å². The van der Waals surface area contributed by atoms with Gasteiger partial charge in [0.15, 0.2) is 0 Å². The number of thiophene rings is 1. The van der Waals surface area contributed by atoms with Gasteiger partial charge in [0.2, 0.25) is 5.91 Å². The molecule has 22 heavy (non-hydrogen) atoms. The van der Waals surface area contributed by atoms with Crippen molar-refractivity contribution in [2.24, 2.45) is 5.41 Å². The number of amides is 1. The molecular weight excluding hydrogens is 300 g/mol. The molecule has 2 heterocycles. The monoisotopic (exact) mass is 324 g/mol. The quantitative estimate of drug-likeness (QED) is 0.873. The number of carbonyl (C=O) groups is 2. The summed E-state index contributed by atoms with van der Waals surface area (Å²) < 4.78 is 0. The van der Waals surface area contributed by atoms with Crippen LogP contribution >= 0.6 is 11.3 Å². The Morgan fingerprint density at radius 3 is 2.77 bits per heavy atom. The Morgan fingerprint density at radius 2 is 2.23 bits per heavy atom. The first kappa shape index (κ1) is 17.0. The van der Waals surface area contributed by atoms with E-state index in [9.17, 15) is 14.7 Å². The van der Waals surface area contributed by atoms with E-state index in [2.05, 4.69) is 26.1 Å². The average molecular weight is 324 g/mol. The number of nitrogens with one attached hydrogen (secondary N) is 1. The highest BCUT2D eigenvalue weighted by Gasteiger charge is 2.33. The first-order valence-corrected chi connectivity index (χ1v) is 8.46. The SMILES string of the molecule is CC(C)(C)C(NC(=O)CN1CCCC1C(=O)O)c1cccs1. The lowest BCUT2D eigenvalue weighted by Gasteiger charge is -2.31. The van der Waals surface area contributed by atoms with Gasteiger partial charge in [0.25, 0.3) is 0 Å². The lowest BCUT2D eigenvalue weighted by atomic mass is 9.85. The third kappa shape index (κ3) is 4.08. The van der Waals surface area contributed by atoms with Gasteiger partial charge in [-0.25, -0.2) is 0 Å². The number of rotatable bonds is 5. The van der Waals surface area contributed by atoms with E-state index in [0.29, 0.717) is 13.0 Å². The molecule has 2 atom stereocenters. The fourth-order valence-electron chi connectivity index (χ4n) is 2.86. The number of aliphatic carboxylic acids is 1. The topological polar surface area (TPSA) is 69.6 Å². The molecule has 2 rings (SSSR count). The Bertz CT molecular complexity index is 522. The van der Waals surface area contributed by atoms with Gasteiger partial charge in [-0.1, -0.05) is 26.8 Å². The van der Waals surface area contributed by atoms with E-state index in [1.165, 1.54) is 0 Å². The van der Waals surface area contributed by atoms with Crippen LogP contribution < -0.4 is 5.32 Å². The number of carboxylic acids is 1. The largest absolute Gasteiger partial charge is 0.480 e. The van der Waals surface area contributed by atoms with Gasteiger partial charge >= 0.3 is 5.97 Å². The molecular formula is C16H24N2O3S. The van der Waals surface area contributed by atoms with E-state index in [1.807, 2.05) is 17.5 Å². The highest BCUT2D eigenvalue weighted by Crippen LogP contribution is 2.35. The average Bonchev–Trinajstić information content (AvgIpc) is 3.05. The van der Waals surface area contributed by atoms with Gasteiger partial charge in [-0.3, -0.25) is 14.5 Å². The zero-order chi connectivity index (χ0) is 16.3. The summed E-state index contributed by atoms with van der Waals surface area (Å²) in [6, 6.07) is 3.41. The van der Waals surface area contributed by atoms with Gasteiger partial charge in [0.1, 0.15) is 6.04 Å². The standard InChI is InChI=1S/C16H24N2O3S/c1-16(2,3)14(12-7-5-9-22-12)17-13(19)10-18-8-4-6-11(18)15(20)21/h5,7,9,11,14H,4,6,8,10H2,1-3H3,(H,17,19)(H,20,21). The number of nitrogens with zero attached hydrogens (tertiary/aromatic N) is 1. The van der Waals surface area contributed by atoms with Crippen molar-refractivity contribution in [3.8, 4) is 0 Å². The van der Waals surface area contributed by atoms with E-state index in [0.717, 1.165) is 11.3 Å². The van der Waals surface area contributed by atoms with Crippen LogP contribution in [-0.4, -0.2) is 41.0 Å². The maximum atomic E-state index is 12.4. The summed E-state index contributed by atoms with van der Waals surface area (Å²) in [5, 5.41) is 14.3. The molecule has 1 aromatic heterocycles. The van der Waals surface area contributed by atoms with Crippen LogP contribution in [0.5, 0.6) is 0 Å². The van der Waals surface area contributed by atoms with E-state index in [4.69, 9.17) is 0 Å². The number of carboxylic acid groups (broad SMARTS) is 1. The molecule has 5 nitrogen and oxygen atoms in total. The highest BCUT2D eigenvalue weighted by atomic mass is 32.1. The second-order valence-electron chi connectivity index (χ2n) is 6.85. The van der Waals surface area contributed by atoms with Crippen molar-refractivity contribution in [3.63, 3.8) is 0 Å². The minimum atomic E-state index is -0.837. The second-order valence-corrected chi connectivity index (χ2v) is 7.83.